The van der Waals surface area contributed by atoms with Crippen molar-refractivity contribution >= 4 is 23.6 Å². The molecule has 0 aromatic heterocycles. The van der Waals surface area contributed by atoms with Gasteiger partial charge in [0.05, 0.1) is 0 Å². The van der Waals surface area contributed by atoms with E-state index in [0.717, 1.165) is 31.0 Å². The van der Waals surface area contributed by atoms with E-state index in [-0.39, 0.29) is 17.7 Å². The van der Waals surface area contributed by atoms with Crippen LogP contribution < -0.4 is 10.6 Å². The molecule has 3 rings (SSSR count). The molecular weight excluding hydrogens is 394 g/mol. The van der Waals surface area contributed by atoms with E-state index in [4.69, 9.17) is 0 Å². The van der Waals surface area contributed by atoms with Crippen LogP contribution in [0.25, 0.3) is 0 Å². The van der Waals surface area contributed by atoms with Crippen LogP contribution in [0, 0.1) is 5.92 Å². The summed E-state index contributed by atoms with van der Waals surface area (Å²) in [4.78, 5) is 28.2. The molecule has 1 fully saturated rings. The zero-order valence-electron chi connectivity index (χ0n) is 17.6. The van der Waals surface area contributed by atoms with Crippen LogP contribution in [-0.2, 0) is 11.3 Å². The molecule has 1 saturated heterocycles. The van der Waals surface area contributed by atoms with Gasteiger partial charge in [0.15, 0.2) is 0 Å². The molecule has 5 nitrogen and oxygen atoms in total. The van der Waals surface area contributed by atoms with Gasteiger partial charge in [0, 0.05) is 41.8 Å². The van der Waals surface area contributed by atoms with E-state index in [2.05, 4.69) is 27.7 Å². The van der Waals surface area contributed by atoms with Gasteiger partial charge in [-0.1, -0.05) is 37.3 Å². The number of thioether (sulfide) groups is 1. The summed E-state index contributed by atoms with van der Waals surface area (Å²) < 4.78 is 0. The Kier molecular flexibility index (Phi) is 8.78. The van der Waals surface area contributed by atoms with Gasteiger partial charge in [0.2, 0.25) is 5.91 Å². The Morgan fingerprint density at radius 1 is 1.00 bits per heavy atom. The average molecular weight is 426 g/mol. The fourth-order valence-corrected chi connectivity index (χ4v) is 4.33. The lowest BCUT2D eigenvalue weighted by Gasteiger charge is -2.15. The standard InChI is InChI=1S/C24H31N3O2S/c1-19(18-30-22-7-3-2-4-8-22)23(28)26-17-20-9-11-21(12-10-20)24(29)25-13-16-27-14-5-6-15-27/h2-4,7-12,19H,5-6,13-18H2,1H3,(H,25,29)(H,26,28). The number of amides is 2. The second-order valence-corrected chi connectivity index (χ2v) is 8.84. The van der Waals surface area contributed by atoms with E-state index in [9.17, 15) is 9.59 Å². The first-order chi connectivity index (χ1) is 14.6. The summed E-state index contributed by atoms with van der Waals surface area (Å²) in [7, 11) is 0. The summed E-state index contributed by atoms with van der Waals surface area (Å²) in [5.74, 6) is 0.668. The van der Waals surface area contributed by atoms with Crippen LogP contribution in [-0.4, -0.2) is 48.6 Å². The van der Waals surface area contributed by atoms with E-state index in [0.29, 0.717) is 18.7 Å². The highest BCUT2D eigenvalue weighted by molar-refractivity contribution is 7.99. The zero-order valence-corrected chi connectivity index (χ0v) is 18.4. The van der Waals surface area contributed by atoms with Gasteiger partial charge < -0.3 is 15.5 Å². The molecule has 0 spiro atoms. The Balaban J connectivity index is 1.36. The zero-order chi connectivity index (χ0) is 21.2. The number of likely N-dealkylation sites (tertiary alicyclic amines) is 1. The minimum atomic E-state index is -0.0733. The number of benzene rings is 2. The average Bonchev–Trinajstić information content (AvgIpc) is 3.30. The maximum Gasteiger partial charge on any atom is 0.251 e. The van der Waals surface area contributed by atoms with Crippen LogP contribution in [0.5, 0.6) is 0 Å². The van der Waals surface area contributed by atoms with Gasteiger partial charge in [0.25, 0.3) is 5.91 Å². The Bertz CT molecular complexity index is 805. The molecule has 0 bridgehead atoms. The first-order valence-electron chi connectivity index (χ1n) is 10.7. The Morgan fingerprint density at radius 2 is 1.70 bits per heavy atom. The third-order valence-corrected chi connectivity index (χ3v) is 6.56. The van der Waals surface area contributed by atoms with E-state index < -0.39 is 0 Å². The summed E-state index contributed by atoms with van der Waals surface area (Å²) >= 11 is 1.69. The highest BCUT2D eigenvalue weighted by atomic mass is 32.2. The Morgan fingerprint density at radius 3 is 2.40 bits per heavy atom. The molecule has 1 aliphatic rings. The molecule has 2 aromatic carbocycles. The van der Waals surface area contributed by atoms with Crippen LogP contribution in [0.15, 0.2) is 59.5 Å². The molecule has 30 heavy (non-hydrogen) atoms. The lowest BCUT2D eigenvalue weighted by Crippen LogP contribution is -2.33. The summed E-state index contributed by atoms with van der Waals surface area (Å²) in [6.45, 7) is 6.28. The van der Waals surface area contributed by atoms with Crippen molar-refractivity contribution in [1.29, 1.82) is 0 Å². The molecule has 2 N–H and O–H groups in total. The number of carbonyl (C=O) groups is 2. The van der Waals surface area contributed by atoms with E-state index >= 15 is 0 Å². The van der Waals surface area contributed by atoms with Gasteiger partial charge in [-0.15, -0.1) is 11.8 Å². The Labute approximate surface area is 183 Å². The van der Waals surface area contributed by atoms with Gasteiger partial charge in [-0.3, -0.25) is 9.59 Å². The van der Waals surface area contributed by atoms with Crippen molar-refractivity contribution in [2.75, 3.05) is 31.9 Å². The van der Waals surface area contributed by atoms with Crippen LogP contribution >= 0.6 is 11.8 Å². The molecular formula is C24H31N3O2S. The molecule has 1 atom stereocenters. The highest BCUT2D eigenvalue weighted by Gasteiger charge is 2.14. The smallest absolute Gasteiger partial charge is 0.251 e. The predicted molar refractivity (Wildman–Crippen MR) is 123 cm³/mol. The van der Waals surface area contributed by atoms with Crippen molar-refractivity contribution in [2.45, 2.75) is 31.2 Å². The number of hydrogen-bond donors (Lipinski definition) is 2. The first-order valence-corrected chi connectivity index (χ1v) is 11.7. The fourth-order valence-electron chi connectivity index (χ4n) is 3.39. The maximum atomic E-state index is 12.3. The number of hydrogen-bond acceptors (Lipinski definition) is 4. The SMILES string of the molecule is CC(CSc1ccccc1)C(=O)NCc1ccc(C(=O)NCCN2CCCC2)cc1. The molecule has 1 aliphatic heterocycles. The second kappa shape index (κ2) is 11.8. The molecule has 2 aromatic rings. The summed E-state index contributed by atoms with van der Waals surface area (Å²) in [5.41, 5.74) is 1.64. The van der Waals surface area contributed by atoms with Gasteiger partial charge >= 0.3 is 0 Å². The van der Waals surface area contributed by atoms with Gasteiger partial charge in [-0.25, -0.2) is 0 Å². The van der Waals surface area contributed by atoms with Gasteiger partial charge in [-0.05, 0) is 55.8 Å². The number of carbonyl (C=O) groups excluding carboxylic acids is 2. The van der Waals surface area contributed by atoms with Gasteiger partial charge in [0.1, 0.15) is 0 Å². The molecule has 160 valence electrons. The highest BCUT2D eigenvalue weighted by Crippen LogP contribution is 2.20. The maximum absolute atomic E-state index is 12.3. The van der Waals surface area contributed by atoms with Crippen molar-refractivity contribution < 1.29 is 9.59 Å². The van der Waals surface area contributed by atoms with Crippen molar-refractivity contribution in [2.24, 2.45) is 5.92 Å². The Hall–Kier alpha value is -2.31. The van der Waals surface area contributed by atoms with Crippen LogP contribution in [0.2, 0.25) is 0 Å². The predicted octanol–water partition coefficient (Wildman–Crippen LogP) is 3.56. The summed E-state index contributed by atoms with van der Waals surface area (Å²) in [6, 6.07) is 17.6. The third kappa shape index (κ3) is 7.18. The largest absolute Gasteiger partial charge is 0.352 e. The fraction of sp³-hybridized carbons (Fsp3) is 0.417. The van der Waals surface area contributed by atoms with Crippen molar-refractivity contribution in [3.63, 3.8) is 0 Å². The van der Waals surface area contributed by atoms with Crippen LogP contribution in [0.1, 0.15) is 35.7 Å². The summed E-state index contributed by atoms with van der Waals surface area (Å²) in [5, 5.41) is 5.98. The van der Waals surface area contributed by atoms with Crippen molar-refractivity contribution in [1.82, 2.24) is 15.5 Å². The first kappa shape index (κ1) is 22.4. The minimum absolute atomic E-state index is 0.0437. The lowest BCUT2D eigenvalue weighted by atomic mass is 10.1. The van der Waals surface area contributed by atoms with E-state index in [1.165, 1.54) is 17.7 Å². The quantitative estimate of drug-likeness (QED) is 0.572. The third-order valence-electron chi connectivity index (χ3n) is 5.29. The molecule has 2 amide bonds. The molecule has 0 saturated carbocycles. The molecule has 0 radical (unpaired) electrons. The van der Waals surface area contributed by atoms with Crippen molar-refractivity contribution in [3.05, 3.63) is 65.7 Å². The number of nitrogens with one attached hydrogen (secondary N) is 2. The number of nitrogens with zero attached hydrogens (tertiary/aromatic N) is 1. The normalized spacial score (nSPS) is 15.0. The molecule has 6 heteroatoms. The molecule has 0 aliphatic carbocycles. The molecule has 1 heterocycles. The second-order valence-electron chi connectivity index (χ2n) is 7.74. The van der Waals surface area contributed by atoms with Crippen molar-refractivity contribution in [3.8, 4) is 0 Å². The van der Waals surface area contributed by atoms with E-state index in [1.807, 2.05) is 49.4 Å². The minimum Gasteiger partial charge on any atom is -0.352 e. The van der Waals surface area contributed by atoms with Crippen LogP contribution in [0.4, 0.5) is 0 Å². The number of rotatable bonds is 10. The van der Waals surface area contributed by atoms with E-state index in [1.54, 1.807) is 11.8 Å². The lowest BCUT2D eigenvalue weighted by molar-refractivity contribution is -0.124. The van der Waals surface area contributed by atoms with Gasteiger partial charge in [-0.2, -0.15) is 0 Å². The molecule has 1 unspecified atom stereocenters. The van der Waals surface area contributed by atoms with Crippen LogP contribution in [0.3, 0.4) is 0 Å². The topological polar surface area (TPSA) is 61.4 Å². The monoisotopic (exact) mass is 425 g/mol. The summed E-state index contributed by atoms with van der Waals surface area (Å²) in [6.07, 6.45) is 2.52.